The van der Waals surface area contributed by atoms with Crippen LogP contribution in [0.4, 0.5) is 0 Å². The van der Waals surface area contributed by atoms with Gasteiger partial charge in [0.15, 0.2) is 5.96 Å². The van der Waals surface area contributed by atoms with Gasteiger partial charge >= 0.3 is 0 Å². The molecule has 0 bridgehead atoms. The predicted octanol–water partition coefficient (Wildman–Crippen LogP) is 2.48. The number of aliphatic imine (C=N–C) groups is 1. The van der Waals surface area contributed by atoms with Crippen LogP contribution in [-0.2, 0) is 0 Å². The number of hydrogen-bond donors (Lipinski definition) is 1. The van der Waals surface area contributed by atoms with Gasteiger partial charge in [-0.2, -0.15) is 0 Å². The van der Waals surface area contributed by atoms with Gasteiger partial charge < -0.3 is 10.2 Å². The van der Waals surface area contributed by atoms with E-state index in [0.717, 1.165) is 25.0 Å². The molecule has 1 saturated carbocycles. The Labute approximate surface area is 106 Å². The molecule has 0 radical (unpaired) electrons. The second-order valence-electron chi connectivity index (χ2n) is 6.74. The largest absolute Gasteiger partial charge is 0.356 e. The highest BCUT2D eigenvalue weighted by Gasteiger charge is 2.53. The Bertz CT molecular complexity index is 313. The summed E-state index contributed by atoms with van der Waals surface area (Å²) in [4.78, 5) is 6.82. The van der Waals surface area contributed by atoms with Gasteiger partial charge in [0.05, 0.1) is 0 Å². The number of nitrogens with one attached hydrogen (secondary N) is 1. The van der Waals surface area contributed by atoms with E-state index in [0.29, 0.717) is 5.41 Å². The second-order valence-corrected chi connectivity index (χ2v) is 6.74. The summed E-state index contributed by atoms with van der Waals surface area (Å²) in [5, 5.41) is 3.51. The average Bonchev–Trinajstić information content (AvgIpc) is 3.06. The lowest BCUT2D eigenvalue weighted by Crippen LogP contribution is -2.72. The van der Waals surface area contributed by atoms with Crippen LogP contribution in [0.5, 0.6) is 0 Å². The molecule has 98 valence electrons. The molecule has 2 fully saturated rings. The van der Waals surface area contributed by atoms with Gasteiger partial charge in [-0.1, -0.05) is 26.7 Å². The van der Waals surface area contributed by atoms with Crippen LogP contribution in [0, 0.1) is 11.3 Å². The first-order chi connectivity index (χ1) is 7.88. The zero-order valence-corrected chi connectivity index (χ0v) is 12.0. The third-order valence-electron chi connectivity index (χ3n) is 4.88. The van der Waals surface area contributed by atoms with E-state index >= 15 is 0 Å². The summed E-state index contributed by atoms with van der Waals surface area (Å²) in [5.74, 6) is 2.07. The topological polar surface area (TPSA) is 27.6 Å². The van der Waals surface area contributed by atoms with E-state index < -0.39 is 0 Å². The summed E-state index contributed by atoms with van der Waals surface area (Å²) in [7, 11) is 1.89. The molecule has 0 spiro atoms. The van der Waals surface area contributed by atoms with Crippen LogP contribution in [0.1, 0.15) is 47.0 Å². The van der Waals surface area contributed by atoms with Gasteiger partial charge in [-0.05, 0) is 26.2 Å². The quantitative estimate of drug-likeness (QED) is 0.603. The van der Waals surface area contributed by atoms with E-state index in [-0.39, 0.29) is 5.54 Å². The van der Waals surface area contributed by atoms with Crippen molar-refractivity contribution in [1.29, 1.82) is 0 Å². The van der Waals surface area contributed by atoms with Gasteiger partial charge in [-0.3, -0.25) is 4.99 Å². The van der Waals surface area contributed by atoms with Crippen LogP contribution in [0.15, 0.2) is 4.99 Å². The molecule has 2 rings (SSSR count). The fraction of sp³-hybridized carbons (Fsp3) is 0.929. The van der Waals surface area contributed by atoms with E-state index in [9.17, 15) is 0 Å². The Balaban J connectivity index is 1.86. The molecule has 1 aliphatic carbocycles. The highest BCUT2D eigenvalue weighted by molar-refractivity contribution is 5.81. The monoisotopic (exact) mass is 237 g/mol. The molecular weight excluding hydrogens is 210 g/mol. The first kappa shape index (κ1) is 12.7. The Hall–Kier alpha value is -0.730. The molecule has 2 aliphatic rings. The van der Waals surface area contributed by atoms with Gasteiger partial charge in [0, 0.05) is 31.1 Å². The maximum absolute atomic E-state index is 4.42. The summed E-state index contributed by atoms with van der Waals surface area (Å²) >= 11 is 0. The van der Waals surface area contributed by atoms with E-state index in [4.69, 9.17) is 0 Å². The Morgan fingerprint density at radius 1 is 1.29 bits per heavy atom. The molecule has 1 aliphatic heterocycles. The summed E-state index contributed by atoms with van der Waals surface area (Å²) in [5.41, 5.74) is 0.579. The SMILES string of the molecule is CN=C(NCCC1CC1)N1CC(C)(C)C1(C)C. The minimum absolute atomic E-state index is 0.203. The van der Waals surface area contributed by atoms with Crippen molar-refractivity contribution < 1.29 is 0 Å². The van der Waals surface area contributed by atoms with Crippen LogP contribution in [-0.4, -0.2) is 36.5 Å². The van der Waals surface area contributed by atoms with Crippen LogP contribution in [0.2, 0.25) is 0 Å². The van der Waals surface area contributed by atoms with Crippen LogP contribution in [0.3, 0.4) is 0 Å². The molecule has 0 aromatic carbocycles. The summed E-state index contributed by atoms with van der Waals surface area (Å²) in [6, 6.07) is 0. The molecule has 17 heavy (non-hydrogen) atoms. The zero-order chi connectivity index (χ0) is 12.7. The predicted molar refractivity (Wildman–Crippen MR) is 73.3 cm³/mol. The van der Waals surface area contributed by atoms with Crippen molar-refractivity contribution in [2.75, 3.05) is 20.1 Å². The fourth-order valence-electron chi connectivity index (χ4n) is 2.49. The van der Waals surface area contributed by atoms with Crippen LogP contribution in [0.25, 0.3) is 0 Å². The molecule has 3 nitrogen and oxygen atoms in total. The number of hydrogen-bond acceptors (Lipinski definition) is 1. The molecule has 0 atom stereocenters. The van der Waals surface area contributed by atoms with Crippen molar-refractivity contribution in [3.8, 4) is 0 Å². The van der Waals surface area contributed by atoms with Crippen LogP contribution < -0.4 is 5.32 Å². The summed E-state index contributed by atoms with van der Waals surface area (Å²) in [6.45, 7) is 11.5. The minimum atomic E-state index is 0.203. The smallest absolute Gasteiger partial charge is 0.194 e. The van der Waals surface area contributed by atoms with Crippen molar-refractivity contribution in [2.45, 2.75) is 52.5 Å². The van der Waals surface area contributed by atoms with Gasteiger partial charge in [0.25, 0.3) is 0 Å². The number of nitrogens with zero attached hydrogens (tertiary/aromatic N) is 2. The van der Waals surface area contributed by atoms with E-state index in [1.165, 1.54) is 19.3 Å². The highest BCUT2D eigenvalue weighted by atomic mass is 15.4. The number of likely N-dealkylation sites (tertiary alicyclic amines) is 1. The first-order valence-electron chi connectivity index (χ1n) is 6.87. The lowest BCUT2D eigenvalue weighted by molar-refractivity contribution is -0.0667. The molecule has 1 saturated heterocycles. The zero-order valence-electron chi connectivity index (χ0n) is 12.0. The second kappa shape index (κ2) is 4.18. The Morgan fingerprint density at radius 2 is 1.94 bits per heavy atom. The lowest BCUT2D eigenvalue weighted by Gasteiger charge is -2.62. The molecule has 0 aromatic heterocycles. The third kappa shape index (κ3) is 2.29. The normalized spacial score (nSPS) is 26.6. The van der Waals surface area contributed by atoms with Gasteiger partial charge in [-0.15, -0.1) is 0 Å². The fourth-order valence-corrected chi connectivity index (χ4v) is 2.49. The van der Waals surface area contributed by atoms with Crippen LogP contribution >= 0.6 is 0 Å². The van der Waals surface area contributed by atoms with Crippen molar-refractivity contribution in [3.63, 3.8) is 0 Å². The first-order valence-corrected chi connectivity index (χ1v) is 6.87. The standard InChI is InChI=1S/C14H27N3/c1-13(2)10-17(14(13,3)4)12(15-5)16-9-8-11-6-7-11/h11H,6-10H2,1-5H3,(H,15,16). The Kier molecular flexibility index (Phi) is 3.13. The van der Waals surface area contributed by atoms with E-state index in [1.807, 2.05) is 7.05 Å². The number of guanidine groups is 1. The summed E-state index contributed by atoms with van der Waals surface area (Å²) < 4.78 is 0. The third-order valence-corrected chi connectivity index (χ3v) is 4.88. The van der Waals surface area contributed by atoms with Gasteiger partial charge in [0.2, 0.25) is 0 Å². The molecule has 1 heterocycles. The van der Waals surface area contributed by atoms with E-state index in [1.54, 1.807) is 0 Å². The average molecular weight is 237 g/mol. The minimum Gasteiger partial charge on any atom is -0.356 e. The lowest BCUT2D eigenvalue weighted by atomic mass is 9.65. The molecule has 3 heteroatoms. The van der Waals surface area contributed by atoms with Gasteiger partial charge in [-0.25, -0.2) is 0 Å². The maximum Gasteiger partial charge on any atom is 0.194 e. The summed E-state index contributed by atoms with van der Waals surface area (Å²) in [6.07, 6.45) is 4.17. The van der Waals surface area contributed by atoms with Crippen molar-refractivity contribution >= 4 is 5.96 Å². The molecule has 0 unspecified atom stereocenters. The van der Waals surface area contributed by atoms with E-state index in [2.05, 4.69) is 42.9 Å². The maximum atomic E-state index is 4.42. The van der Waals surface area contributed by atoms with Crippen molar-refractivity contribution in [1.82, 2.24) is 10.2 Å². The molecule has 0 amide bonds. The molecular formula is C14H27N3. The number of rotatable bonds is 3. The molecule has 1 N–H and O–H groups in total. The highest BCUT2D eigenvalue weighted by Crippen LogP contribution is 2.46. The Morgan fingerprint density at radius 3 is 2.35 bits per heavy atom. The molecule has 0 aromatic rings. The van der Waals surface area contributed by atoms with Crippen molar-refractivity contribution in [3.05, 3.63) is 0 Å². The van der Waals surface area contributed by atoms with Crippen molar-refractivity contribution in [2.24, 2.45) is 16.3 Å². The van der Waals surface area contributed by atoms with Gasteiger partial charge in [0.1, 0.15) is 0 Å².